The van der Waals surface area contributed by atoms with E-state index in [1.54, 1.807) is 0 Å². The molecule has 0 aromatic rings. The van der Waals surface area contributed by atoms with Crippen molar-refractivity contribution in [3.8, 4) is 0 Å². The van der Waals surface area contributed by atoms with Gasteiger partial charge in [0.05, 0.1) is 12.1 Å². The van der Waals surface area contributed by atoms with Crippen LogP contribution in [-0.2, 0) is 9.53 Å². The second-order valence-corrected chi connectivity index (χ2v) is 4.98. The number of likely N-dealkylation sites (tertiary alicyclic amines) is 1. The molecule has 0 radical (unpaired) electrons. The minimum atomic E-state index is 0.0404. The van der Waals surface area contributed by atoms with Gasteiger partial charge in [-0.05, 0) is 39.8 Å². The first-order chi connectivity index (χ1) is 8.63. The summed E-state index contributed by atoms with van der Waals surface area (Å²) in [4.78, 5) is 16.6. The molecule has 4 nitrogen and oxygen atoms in total. The van der Waals surface area contributed by atoms with Crippen molar-refractivity contribution in [2.75, 3.05) is 33.3 Å². The molecule has 0 N–H and O–H groups in total. The summed E-state index contributed by atoms with van der Waals surface area (Å²) in [5.74, 6) is 0.289. The molecule has 1 fully saturated rings. The van der Waals surface area contributed by atoms with Crippen molar-refractivity contribution in [3.05, 3.63) is 0 Å². The summed E-state index contributed by atoms with van der Waals surface area (Å²) in [6.45, 7) is 9.59. The van der Waals surface area contributed by atoms with Gasteiger partial charge >= 0.3 is 0 Å². The van der Waals surface area contributed by atoms with Crippen molar-refractivity contribution in [1.29, 1.82) is 0 Å². The minimum Gasteiger partial charge on any atom is -0.378 e. The van der Waals surface area contributed by atoms with E-state index in [9.17, 15) is 4.79 Å². The first-order valence-corrected chi connectivity index (χ1v) is 7.24. The largest absolute Gasteiger partial charge is 0.378 e. The van der Waals surface area contributed by atoms with Crippen LogP contribution in [0.15, 0.2) is 0 Å². The van der Waals surface area contributed by atoms with Gasteiger partial charge in [-0.3, -0.25) is 9.69 Å². The Kier molecular flexibility index (Phi) is 6.65. The zero-order valence-corrected chi connectivity index (χ0v) is 12.3. The topological polar surface area (TPSA) is 32.8 Å². The third kappa shape index (κ3) is 3.95. The second-order valence-electron chi connectivity index (χ2n) is 4.98. The SMILES string of the molecule is CCOC1CCN(C(=O)C(CC)N(C)CC)CC1. The van der Waals surface area contributed by atoms with Crippen molar-refractivity contribution in [2.45, 2.75) is 52.2 Å². The van der Waals surface area contributed by atoms with E-state index in [2.05, 4.69) is 18.7 Å². The van der Waals surface area contributed by atoms with Crippen molar-refractivity contribution in [3.63, 3.8) is 0 Å². The lowest BCUT2D eigenvalue weighted by Crippen LogP contribution is -2.50. The fourth-order valence-corrected chi connectivity index (χ4v) is 2.58. The number of nitrogens with zero attached hydrogens (tertiary/aromatic N) is 2. The average Bonchev–Trinajstić information content (AvgIpc) is 2.40. The number of piperidine rings is 1. The summed E-state index contributed by atoms with van der Waals surface area (Å²) in [6, 6.07) is 0.0404. The van der Waals surface area contributed by atoms with Crippen LogP contribution in [0, 0.1) is 0 Å². The summed E-state index contributed by atoms with van der Waals surface area (Å²) >= 11 is 0. The molecule has 0 aromatic heterocycles. The summed E-state index contributed by atoms with van der Waals surface area (Å²) in [5, 5.41) is 0. The van der Waals surface area contributed by atoms with Crippen molar-refractivity contribution in [1.82, 2.24) is 9.80 Å². The smallest absolute Gasteiger partial charge is 0.239 e. The number of carbonyl (C=O) groups excluding carboxylic acids is 1. The lowest BCUT2D eigenvalue weighted by molar-refractivity contribution is -0.139. The van der Waals surface area contributed by atoms with Crippen LogP contribution >= 0.6 is 0 Å². The van der Waals surface area contributed by atoms with E-state index in [0.29, 0.717) is 6.10 Å². The highest BCUT2D eigenvalue weighted by Crippen LogP contribution is 2.16. The van der Waals surface area contributed by atoms with Crippen LogP contribution in [0.25, 0.3) is 0 Å². The maximum atomic E-state index is 12.4. The molecule has 106 valence electrons. The third-order valence-corrected chi connectivity index (χ3v) is 3.86. The molecular formula is C14H28N2O2. The molecule has 0 spiro atoms. The molecule has 0 saturated carbocycles. The zero-order valence-electron chi connectivity index (χ0n) is 12.3. The Morgan fingerprint density at radius 2 is 1.94 bits per heavy atom. The molecule has 0 aromatic carbocycles. The van der Waals surface area contributed by atoms with Gasteiger partial charge in [-0.1, -0.05) is 13.8 Å². The molecule has 1 unspecified atom stereocenters. The molecule has 1 aliphatic heterocycles. The van der Waals surface area contributed by atoms with Gasteiger partial charge in [0.2, 0.25) is 5.91 Å². The van der Waals surface area contributed by atoms with Crippen molar-refractivity contribution >= 4 is 5.91 Å². The molecule has 0 aliphatic carbocycles. The molecule has 4 heteroatoms. The number of amides is 1. The Labute approximate surface area is 111 Å². The lowest BCUT2D eigenvalue weighted by Gasteiger charge is -2.36. The van der Waals surface area contributed by atoms with Gasteiger partial charge < -0.3 is 9.64 Å². The van der Waals surface area contributed by atoms with E-state index in [4.69, 9.17) is 4.74 Å². The second kappa shape index (κ2) is 7.74. The highest BCUT2D eigenvalue weighted by Gasteiger charge is 2.29. The maximum Gasteiger partial charge on any atom is 0.239 e. The molecular weight excluding hydrogens is 228 g/mol. The predicted molar refractivity (Wildman–Crippen MR) is 73.6 cm³/mol. The van der Waals surface area contributed by atoms with Crippen LogP contribution in [0.2, 0.25) is 0 Å². The molecule has 1 amide bonds. The van der Waals surface area contributed by atoms with E-state index in [0.717, 1.165) is 45.5 Å². The molecule has 18 heavy (non-hydrogen) atoms. The fraction of sp³-hybridized carbons (Fsp3) is 0.929. The number of hydrogen-bond acceptors (Lipinski definition) is 3. The van der Waals surface area contributed by atoms with E-state index in [1.165, 1.54) is 0 Å². The minimum absolute atomic E-state index is 0.0404. The summed E-state index contributed by atoms with van der Waals surface area (Å²) in [7, 11) is 2.03. The first kappa shape index (κ1) is 15.4. The van der Waals surface area contributed by atoms with Gasteiger partial charge in [0, 0.05) is 19.7 Å². The quantitative estimate of drug-likeness (QED) is 0.726. The van der Waals surface area contributed by atoms with Gasteiger partial charge in [-0.15, -0.1) is 0 Å². The Morgan fingerprint density at radius 1 is 1.33 bits per heavy atom. The summed E-state index contributed by atoms with van der Waals surface area (Å²) < 4.78 is 5.62. The van der Waals surface area contributed by atoms with Crippen LogP contribution in [0.5, 0.6) is 0 Å². The lowest BCUT2D eigenvalue weighted by atomic mass is 10.1. The maximum absolute atomic E-state index is 12.4. The highest BCUT2D eigenvalue weighted by atomic mass is 16.5. The zero-order chi connectivity index (χ0) is 13.5. The summed E-state index contributed by atoms with van der Waals surface area (Å²) in [5.41, 5.74) is 0. The Bertz CT molecular complexity index is 250. The van der Waals surface area contributed by atoms with Crippen molar-refractivity contribution in [2.24, 2.45) is 0 Å². The van der Waals surface area contributed by atoms with Gasteiger partial charge in [-0.2, -0.15) is 0 Å². The van der Waals surface area contributed by atoms with Crippen LogP contribution in [0.3, 0.4) is 0 Å². The van der Waals surface area contributed by atoms with Crippen LogP contribution in [-0.4, -0.2) is 61.1 Å². The third-order valence-electron chi connectivity index (χ3n) is 3.86. The number of likely N-dealkylation sites (N-methyl/N-ethyl adjacent to an activating group) is 1. The fourth-order valence-electron chi connectivity index (χ4n) is 2.58. The molecule has 1 aliphatic rings. The Morgan fingerprint density at radius 3 is 2.39 bits per heavy atom. The van der Waals surface area contributed by atoms with Gasteiger partial charge in [0.15, 0.2) is 0 Å². The normalized spacial score (nSPS) is 19.3. The summed E-state index contributed by atoms with van der Waals surface area (Å²) in [6.07, 6.45) is 3.19. The number of rotatable bonds is 6. The van der Waals surface area contributed by atoms with E-state index in [1.807, 2.05) is 18.9 Å². The number of ether oxygens (including phenoxy) is 1. The van der Waals surface area contributed by atoms with Gasteiger partial charge in [0.1, 0.15) is 0 Å². The van der Waals surface area contributed by atoms with Crippen LogP contribution in [0.4, 0.5) is 0 Å². The van der Waals surface area contributed by atoms with Crippen LogP contribution in [0.1, 0.15) is 40.0 Å². The van der Waals surface area contributed by atoms with E-state index >= 15 is 0 Å². The average molecular weight is 256 g/mol. The van der Waals surface area contributed by atoms with Crippen molar-refractivity contribution < 1.29 is 9.53 Å². The Hall–Kier alpha value is -0.610. The number of carbonyl (C=O) groups is 1. The molecule has 1 atom stereocenters. The molecule has 1 saturated heterocycles. The highest BCUT2D eigenvalue weighted by molar-refractivity contribution is 5.81. The van der Waals surface area contributed by atoms with E-state index in [-0.39, 0.29) is 11.9 Å². The monoisotopic (exact) mass is 256 g/mol. The van der Waals surface area contributed by atoms with Gasteiger partial charge in [0.25, 0.3) is 0 Å². The number of hydrogen-bond donors (Lipinski definition) is 0. The predicted octanol–water partition coefficient (Wildman–Crippen LogP) is 1.74. The van der Waals surface area contributed by atoms with E-state index < -0.39 is 0 Å². The molecule has 0 bridgehead atoms. The van der Waals surface area contributed by atoms with Crippen LogP contribution < -0.4 is 0 Å². The first-order valence-electron chi connectivity index (χ1n) is 7.24. The standard InChI is InChI=1S/C14H28N2O2/c1-5-13(15(4)6-2)14(17)16-10-8-12(9-11-16)18-7-3/h12-13H,5-11H2,1-4H3. The molecule has 1 rings (SSSR count). The van der Waals surface area contributed by atoms with Gasteiger partial charge in [-0.25, -0.2) is 0 Å². The Balaban J connectivity index is 2.48. The molecule has 1 heterocycles.